The van der Waals surface area contributed by atoms with Gasteiger partial charge in [0.25, 0.3) is 0 Å². The second kappa shape index (κ2) is 3.02. The van der Waals surface area contributed by atoms with Gasteiger partial charge in [0.2, 0.25) is 0 Å². The topological polar surface area (TPSA) is 55.7 Å². The Morgan fingerprint density at radius 1 is 1.13 bits per heavy atom. The van der Waals surface area contributed by atoms with Crippen LogP contribution in [0.15, 0.2) is 29.6 Å². The van der Waals surface area contributed by atoms with Crippen molar-refractivity contribution in [2.24, 2.45) is 34.9 Å². The molecule has 0 amide bonds. The molecule has 0 heterocycles. The van der Waals surface area contributed by atoms with Crippen molar-refractivity contribution in [3.63, 3.8) is 0 Å². The fraction of sp³-hybridized carbons (Fsp3) is 0.545. The molecule has 4 unspecified atom stereocenters. The number of rotatable bonds is 3. The van der Waals surface area contributed by atoms with Crippen LogP contribution in [0.4, 0.5) is 0 Å². The summed E-state index contributed by atoms with van der Waals surface area (Å²) in [4.78, 5) is 26.4. The smallest absolute Gasteiger partial charge is 0.155 e. The average molecular weight is 205 g/mol. The molecule has 0 aromatic rings. The first kappa shape index (κ1) is 8.83. The quantitative estimate of drug-likeness (QED) is 0.398. The molecule has 78 valence electrons. The van der Waals surface area contributed by atoms with Crippen LogP contribution in [0, 0.1) is 34.5 Å². The Balaban J connectivity index is 1.87. The summed E-state index contributed by atoms with van der Waals surface area (Å²) in [6.07, 6.45) is 8.19. The second-order valence-corrected chi connectivity index (χ2v) is 4.41. The third kappa shape index (κ3) is 1.05. The van der Waals surface area contributed by atoms with E-state index in [0.29, 0.717) is 12.4 Å². The molecule has 0 aromatic heterocycles. The van der Waals surface area contributed by atoms with Gasteiger partial charge in [-0.25, -0.2) is 0 Å². The number of hydrogen-bond acceptors (Lipinski definition) is 4. The van der Waals surface area contributed by atoms with E-state index in [2.05, 4.69) is 22.3 Å². The van der Waals surface area contributed by atoms with Gasteiger partial charge < -0.3 is 4.84 Å². The number of carbonyl (C=O) groups excluding carboxylic acids is 1. The highest BCUT2D eigenvalue weighted by molar-refractivity contribution is 5.91. The summed E-state index contributed by atoms with van der Waals surface area (Å²) >= 11 is 0. The van der Waals surface area contributed by atoms with Crippen LogP contribution in [-0.4, -0.2) is 12.4 Å². The summed E-state index contributed by atoms with van der Waals surface area (Å²) in [6.45, 7) is 0.327. The predicted molar refractivity (Wildman–Crippen MR) is 52.5 cm³/mol. The van der Waals surface area contributed by atoms with Crippen LogP contribution in [-0.2, 0) is 9.63 Å². The van der Waals surface area contributed by atoms with Gasteiger partial charge in [-0.05, 0) is 11.8 Å². The lowest BCUT2D eigenvalue weighted by atomic mass is 9.69. The van der Waals surface area contributed by atoms with Gasteiger partial charge in [0, 0.05) is 17.8 Å². The Kier molecular flexibility index (Phi) is 1.78. The lowest BCUT2D eigenvalue weighted by Crippen LogP contribution is -2.39. The lowest BCUT2D eigenvalue weighted by Gasteiger charge is -2.33. The highest BCUT2D eigenvalue weighted by Gasteiger charge is 2.52. The summed E-state index contributed by atoms with van der Waals surface area (Å²) in [7, 11) is 0. The molecular weight excluding hydrogens is 194 g/mol. The molecule has 0 saturated heterocycles. The molecule has 0 spiro atoms. The second-order valence-electron chi connectivity index (χ2n) is 4.41. The van der Waals surface area contributed by atoms with E-state index in [-0.39, 0.29) is 29.6 Å². The van der Waals surface area contributed by atoms with Crippen molar-refractivity contribution >= 4 is 5.78 Å². The minimum Gasteiger partial charge on any atom is -0.364 e. The zero-order chi connectivity index (χ0) is 10.4. The number of nitrogens with zero attached hydrogens (tertiary/aromatic N) is 1. The van der Waals surface area contributed by atoms with Crippen LogP contribution >= 0.6 is 0 Å². The van der Waals surface area contributed by atoms with E-state index in [1.165, 1.54) is 0 Å². The summed E-state index contributed by atoms with van der Waals surface area (Å²) in [5.74, 6) is 0.990. The number of hydrogen-bond donors (Lipinski definition) is 0. The number of Topliss-reactive ketones (excluding diaryl/α,β-unsaturated/α-hetero) is 1. The number of fused-ring (bicyclic) bond motifs is 6. The third-order valence-corrected chi connectivity index (χ3v) is 3.88. The monoisotopic (exact) mass is 205 g/mol. The SMILES string of the molecule is O=NOCC1C2C=CC1C1C=CC2C1=O. The molecule has 1 saturated carbocycles. The lowest BCUT2D eigenvalue weighted by molar-refractivity contribution is -0.129. The van der Waals surface area contributed by atoms with E-state index in [1.807, 2.05) is 12.2 Å². The number of ketones is 1. The third-order valence-electron chi connectivity index (χ3n) is 3.88. The highest BCUT2D eigenvalue weighted by Crippen LogP contribution is 2.50. The summed E-state index contributed by atoms with van der Waals surface area (Å²) in [6, 6.07) is 0. The molecule has 4 atom stereocenters. The molecule has 4 heteroatoms. The molecule has 0 aromatic carbocycles. The van der Waals surface area contributed by atoms with Gasteiger partial charge in [-0.3, -0.25) is 4.79 Å². The minimum atomic E-state index is 0.00486. The number of carbonyl (C=O) groups is 1. The standard InChI is InChI=1S/C11H11NO3/c13-11-8-3-4-9(11)7-2-1-6(8)10(7)5-15-12-14/h1-4,6-10H,5H2. The Morgan fingerprint density at radius 2 is 1.73 bits per heavy atom. The Morgan fingerprint density at radius 3 is 2.27 bits per heavy atom. The molecule has 4 nitrogen and oxygen atoms in total. The molecule has 0 aliphatic heterocycles. The minimum absolute atomic E-state index is 0.00486. The Labute approximate surface area is 86.9 Å². The van der Waals surface area contributed by atoms with Crippen molar-refractivity contribution in [3.05, 3.63) is 29.2 Å². The van der Waals surface area contributed by atoms with E-state index >= 15 is 0 Å². The maximum atomic E-state index is 11.8. The van der Waals surface area contributed by atoms with E-state index in [0.717, 1.165) is 0 Å². The first-order valence-electron chi connectivity index (χ1n) is 5.18. The maximum absolute atomic E-state index is 11.8. The van der Waals surface area contributed by atoms with Crippen LogP contribution in [0.1, 0.15) is 0 Å². The van der Waals surface area contributed by atoms with Crippen LogP contribution < -0.4 is 0 Å². The van der Waals surface area contributed by atoms with E-state index in [4.69, 9.17) is 0 Å². The van der Waals surface area contributed by atoms with Gasteiger partial charge >= 0.3 is 0 Å². The molecular formula is C11H11NO3. The zero-order valence-electron chi connectivity index (χ0n) is 8.08. The van der Waals surface area contributed by atoms with E-state index in [1.54, 1.807) is 0 Å². The molecule has 15 heavy (non-hydrogen) atoms. The van der Waals surface area contributed by atoms with Crippen LogP contribution in [0.25, 0.3) is 0 Å². The largest absolute Gasteiger partial charge is 0.364 e. The molecule has 0 radical (unpaired) electrons. The van der Waals surface area contributed by atoms with Crippen molar-refractivity contribution in [3.8, 4) is 0 Å². The predicted octanol–water partition coefficient (Wildman–Crippen LogP) is 1.49. The van der Waals surface area contributed by atoms with Gasteiger partial charge in [0.15, 0.2) is 5.34 Å². The highest BCUT2D eigenvalue weighted by atomic mass is 16.7. The molecule has 3 aliphatic rings. The van der Waals surface area contributed by atoms with Crippen molar-refractivity contribution in [1.29, 1.82) is 0 Å². The van der Waals surface area contributed by atoms with Crippen molar-refractivity contribution < 1.29 is 9.63 Å². The molecule has 0 N–H and O–H groups in total. The van der Waals surface area contributed by atoms with Crippen LogP contribution in [0.5, 0.6) is 0 Å². The first-order chi connectivity index (χ1) is 7.33. The van der Waals surface area contributed by atoms with E-state index in [9.17, 15) is 9.70 Å². The maximum Gasteiger partial charge on any atom is 0.155 e. The summed E-state index contributed by atoms with van der Waals surface area (Å²) in [5, 5.41) is 2.43. The van der Waals surface area contributed by atoms with Gasteiger partial charge in [-0.2, -0.15) is 0 Å². The van der Waals surface area contributed by atoms with Gasteiger partial charge in [0.1, 0.15) is 12.4 Å². The fourth-order valence-electron chi connectivity index (χ4n) is 3.20. The average Bonchev–Trinajstić information content (AvgIpc) is 2.67. The molecule has 3 rings (SSSR count). The van der Waals surface area contributed by atoms with Gasteiger partial charge in [-0.15, -0.1) is 4.91 Å². The van der Waals surface area contributed by atoms with Gasteiger partial charge in [0.05, 0.1) is 0 Å². The summed E-state index contributed by atoms with van der Waals surface area (Å²) < 4.78 is 0. The van der Waals surface area contributed by atoms with Crippen LogP contribution in [0.3, 0.4) is 0 Å². The molecule has 3 aliphatic carbocycles. The van der Waals surface area contributed by atoms with E-state index < -0.39 is 0 Å². The fourth-order valence-corrected chi connectivity index (χ4v) is 3.20. The Bertz CT molecular complexity index is 348. The van der Waals surface area contributed by atoms with Crippen molar-refractivity contribution in [2.75, 3.05) is 6.61 Å². The molecule has 1 fully saturated rings. The Hall–Kier alpha value is -1.45. The number of allylic oxidation sites excluding steroid dienone is 4. The van der Waals surface area contributed by atoms with Gasteiger partial charge in [-0.1, -0.05) is 24.3 Å². The normalized spacial score (nSPS) is 44.8. The zero-order valence-corrected chi connectivity index (χ0v) is 8.08. The van der Waals surface area contributed by atoms with Crippen LogP contribution in [0.2, 0.25) is 0 Å². The van der Waals surface area contributed by atoms with Crippen molar-refractivity contribution in [1.82, 2.24) is 0 Å². The van der Waals surface area contributed by atoms with Crippen molar-refractivity contribution in [2.45, 2.75) is 0 Å². The first-order valence-corrected chi connectivity index (χ1v) is 5.18. The summed E-state index contributed by atoms with van der Waals surface area (Å²) in [5.41, 5.74) is 0. The molecule has 4 bridgehead atoms.